The second-order valence-corrected chi connectivity index (χ2v) is 5.22. The fourth-order valence-corrected chi connectivity index (χ4v) is 1.94. The molecule has 2 aromatic rings. The van der Waals surface area contributed by atoms with Crippen molar-refractivity contribution in [1.82, 2.24) is 19.7 Å². The molecule has 3 N–H and O–H groups in total. The first-order valence-electron chi connectivity index (χ1n) is 6.83. The first-order chi connectivity index (χ1) is 9.49. The van der Waals surface area contributed by atoms with Crippen molar-refractivity contribution in [3.8, 4) is 0 Å². The molecule has 0 saturated heterocycles. The summed E-state index contributed by atoms with van der Waals surface area (Å²) in [5, 5.41) is 7.50. The van der Waals surface area contributed by atoms with Crippen LogP contribution in [0.5, 0.6) is 0 Å². The van der Waals surface area contributed by atoms with Crippen molar-refractivity contribution >= 4 is 11.6 Å². The van der Waals surface area contributed by atoms with Crippen LogP contribution < -0.4 is 11.1 Å². The molecule has 0 fully saturated rings. The maximum absolute atomic E-state index is 5.94. The maximum Gasteiger partial charge on any atom is 0.135 e. The highest BCUT2D eigenvalue weighted by Crippen LogP contribution is 2.20. The van der Waals surface area contributed by atoms with E-state index in [4.69, 9.17) is 5.73 Å². The maximum atomic E-state index is 5.94. The van der Waals surface area contributed by atoms with Crippen LogP contribution in [0.3, 0.4) is 0 Å². The average Bonchev–Trinajstić information content (AvgIpc) is 2.80. The van der Waals surface area contributed by atoms with Gasteiger partial charge in [-0.1, -0.05) is 13.8 Å². The van der Waals surface area contributed by atoms with E-state index in [1.54, 1.807) is 6.20 Å². The topological polar surface area (TPSA) is 81.7 Å². The van der Waals surface area contributed by atoms with Crippen molar-refractivity contribution in [2.24, 2.45) is 7.05 Å². The van der Waals surface area contributed by atoms with Gasteiger partial charge in [-0.2, -0.15) is 5.10 Å². The third kappa shape index (κ3) is 3.07. The molecule has 0 amide bonds. The minimum absolute atomic E-state index is 0.260. The molecule has 0 aliphatic heterocycles. The SMILES string of the molecule is Cc1c(N)nc(C(C)C)nc1NCCc1ccnn1C. The molecule has 0 saturated carbocycles. The Bertz CT molecular complexity index is 587. The summed E-state index contributed by atoms with van der Waals surface area (Å²) in [6, 6.07) is 2.02. The van der Waals surface area contributed by atoms with Gasteiger partial charge in [0.25, 0.3) is 0 Å². The third-order valence-corrected chi connectivity index (χ3v) is 3.31. The molecule has 2 rings (SSSR count). The molecule has 0 bridgehead atoms. The van der Waals surface area contributed by atoms with Crippen LogP contribution in [-0.2, 0) is 13.5 Å². The van der Waals surface area contributed by atoms with Gasteiger partial charge in [0.15, 0.2) is 0 Å². The number of aromatic nitrogens is 4. The Kier molecular flexibility index (Phi) is 4.22. The number of nitrogens with one attached hydrogen (secondary N) is 1. The second-order valence-electron chi connectivity index (χ2n) is 5.22. The summed E-state index contributed by atoms with van der Waals surface area (Å²) < 4.78 is 1.88. The summed E-state index contributed by atoms with van der Waals surface area (Å²) in [4.78, 5) is 8.87. The summed E-state index contributed by atoms with van der Waals surface area (Å²) in [6.45, 7) is 6.84. The smallest absolute Gasteiger partial charge is 0.135 e. The standard InChI is InChI=1S/C14H22N6/c1-9(2)13-18-12(15)10(3)14(19-13)16-7-5-11-6-8-17-20(11)4/h6,8-9H,5,7H2,1-4H3,(H3,15,16,18,19). The lowest BCUT2D eigenvalue weighted by atomic mass is 10.2. The molecule has 0 spiro atoms. The minimum atomic E-state index is 0.260. The van der Waals surface area contributed by atoms with E-state index in [1.165, 1.54) is 5.69 Å². The van der Waals surface area contributed by atoms with E-state index in [-0.39, 0.29) is 5.92 Å². The quantitative estimate of drug-likeness (QED) is 0.870. The number of nitrogen functional groups attached to an aromatic ring is 1. The molecule has 0 aliphatic carbocycles. The average molecular weight is 274 g/mol. The third-order valence-electron chi connectivity index (χ3n) is 3.31. The zero-order valence-corrected chi connectivity index (χ0v) is 12.5. The molecule has 6 nitrogen and oxygen atoms in total. The Hall–Kier alpha value is -2.11. The van der Waals surface area contributed by atoms with Crippen molar-refractivity contribution in [2.45, 2.75) is 33.1 Å². The number of nitrogens with two attached hydrogens (primary N) is 1. The number of hydrogen-bond acceptors (Lipinski definition) is 5. The predicted octanol–water partition coefficient (Wildman–Crippen LogP) is 1.88. The van der Waals surface area contributed by atoms with Crippen molar-refractivity contribution in [1.29, 1.82) is 0 Å². The van der Waals surface area contributed by atoms with E-state index in [2.05, 4.69) is 34.2 Å². The Morgan fingerprint density at radius 2 is 2.10 bits per heavy atom. The van der Waals surface area contributed by atoms with E-state index in [0.29, 0.717) is 5.82 Å². The monoisotopic (exact) mass is 274 g/mol. The highest BCUT2D eigenvalue weighted by molar-refractivity contribution is 5.55. The lowest BCUT2D eigenvalue weighted by molar-refractivity contribution is 0.710. The van der Waals surface area contributed by atoms with Gasteiger partial charge in [-0.05, 0) is 13.0 Å². The fourth-order valence-electron chi connectivity index (χ4n) is 1.94. The van der Waals surface area contributed by atoms with Crippen LogP contribution in [0.1, 0.15) is 36.8 Å². The van der Waals surface area contributed by atoms with Crippen molar-refractivity contribution in [3.05, 3.63) is 29.3 Å². The normalized spacial score (nSPS) is 11.1. The van der Waals surface area contributed by atoms with Gasteiger partial charge in [-0.3, -0.25) is 4.68 Å². The van der Waals surface area contributed by atoms with Gasteiger partial charge in [-0.25, -0.2) is 9.97 Å². The summed E-state index contributed by atoms with van der Waals surface area (Å²) in [5.41, 5.74) is 8.03. The van der Waals surface area contributed by atoms with Gasteiger partial charge in [0.2, 0.25) is 0 Å². The van der Waals surface area contributed by atoms with Crippen LogP contribution in [0.25, 0.3) is 0 Å². The van der Waals surface area contributed by atoms with Gasteiger partial charge in [-0.15, -0.1) is 0 Å². The highest BCUT2D eigenvalue weighted by atomic mass is 15.3. The van der Waals surface area contributed by atoms with Crippen molar-refractivity contribution in [2.75, 3.05) is 17.6 Å². The Balaban J connectivity index is 2.07. The molecule has 2 aromatic heterocycles. The van der Waals surface area contributed by atoms with Crippen LogP contribution in [-0.4, -0.2) is 26.3 Å². The summed E-state index contributed by atoms with van der Waals surface area (Å²) in [6.07, 6.45) is 2.69. The lowest BCUT2D eigenvalue weighted by Gasteiger charge is -2.13. The molecule has 0 unspecified atom stereocenters. The number of anilines is 2. The molecular weight excluding hydrogens is 252 g/mol. The van der Waals surface area contributed by atoms with Gasteiger partial charge >= 0.3 is 0 Å². The van der Waals surface area contributed by atoms with E-state index >= 15 is 0 Å². The van der Waals surface area contributed by atoms with Crippen LogP contribution in [0.15, 0.2) is 12.3 Å². The number of hydrogen-bond donors (Lipinski definition) is 2. The number of aryl methyl sites for hydroxylation is 1. The van der Waals surface area contributed by atoms with Crippen molar-refractivity contribution in [3.63, 3.8) is 0 Å². The molecule has 2 heterocycles. The summed E-state index contributed by atoms with van der Waals surface area (Å²) >= 11 is 0. The lowest BCUT2D eigenvalue weighted by Crippen LogP contribution is -2.13. The Labute approximate surface area is 119 Å². The molecule has 6 heteroatoms. The highest BCUT2D eigenvalue weighted by Gasteiger charge is 2.11. The zero-order valence-electron chi connectivity index (χ0n) is 12.5. The predicted molar refractivity (Wildman–Crippen MR) is 80.7 cm³/mol. The molecule has 0 aromatic carbocycles. The molecule has 108 valence electrons. The molecule has 20 heavy (non-hydrogen) atoms. The van der Waals surface area contributed by atoms with Crippen LogP contribution in [0.2, 0.25) is 0 Å². The molecule has 0 radical (unpaired) electrons. The second kappa shape index (κ2) is 5.90. The zero-order chi connectivity index (χ0) is 14.7. The molecular formula is C14H22N6. The van der Waals surface area contributed by atoms with Gasteiger partial charge in [0, 0.05) is 43.4 Å². The van der Waals surface area contributed by atoms with Crippen LogP contribution in [0.4, 0.5) is 11.6 Å². The number of nitrogens with zero attached hydrogens (tertiary/aromatic N) is 4. The fraction of sp³-hybridized carbons (Fsp3) is 0.500. The van der Waals surface area contributed by atoms with Gasteiger partial charge < -0.3 is 11.1 Å². The number of rotatable bonds is 5. The first-order valence-corrected chi connectivity index (χ1v) is 6.83. The van der Waals surface area contributed by atoms with Crippen molar-refractivity contribution < 1.29 is 0 Å². The summed E-state index contributed by atoms with van der Waals surface area (Å²) in [5.74, 6) is 2.40. The molecule has 0 aliphatic rings. The Morgan fingerprint density at radius 1 is 1.35 bits per heavy atom. The molecule has 0 atom stereocenters. The minimum Gasteiger partial charge on any atom is -0.383 e. The Morgan fingerprint density at radius 3 is 2.70 bits per heavy atom. The largest absolute Gasteiger partial charge is 0.383 e. The van der Waals surface area contributed by atoms with E-state index in [9.17, 15) is 0 Å². The van der Waals surface area contributed by atoms with E-state index in [1.807, 2.05) is 24.7 Å². The summed E-state index contributed by atoms with van der Waals surface area (Å²) in [7, 11) is 1.94. The van der Waals surface area contributed by atoms with Crippen LogP contribution >= 0.6 is 0 Å². The van der Waals surface area contributed by atoms with Gasteiger partial charge in [0.05, 0.1) is 0 Å². The van der Waals surface area contributed by atoms with Gasteiger partial charge in [0.1, 0.15) is 17.5 Å². The van der Waals surface area contributed by atoms with E-state index < -0.39 is 0 Å². The van der Waals surface area contributed by atoms with E-state index in [0.717, 1.165) is 30.2 Å². The van der Waals surface area contributed by atoms with Crippen LogP contribution in [0, 0.1) is 6.92 Å². The first kappa shape index (κ1) is 14.3.